The molecule has 1 heterocycles. The molecule has 0 bridgehead atoms. The summed E-state index contributed by atoms with van der Waals surface area (Å²) in [6.07, 6.45) is 4.40. The highest BCUT2D eigenvalue weighted by Crippen LogP contribution is 2.38. The lowest BCUT2D eigenvalue weighted by Gasteiger charge is -2.48. The molecule has 108 valence electrons. The molecule has 4 heteroatoms. The van der Waals surface area contributed by atoms with Crippen molar-refractivity contribution in [3.05, 3.63) is 0 Å². The molecule has 2 fully saturated rings. The average molecular weight is 266 g/mol. The van der Waals surface area contributed by atoms with Crippen molar-refractivity contribution in [3.63, 3.8) is 0 Å². The van der Waals surface area contributed by atoms with E-state index in [1.165, 1.54) is 12.8 Å². The minimum Gasteiger partial charge on any atom is -0.340 e. The first kappa shape index (κ1) is 14.4. The molecule has 2 aliphatic rings. The van der Waals surface area contributed by atoms with Crippen LogP contribution in [0.15, 0.2) is 0 Å². The zero-order valence-corrected chi connectivity index (χ0v) is 12.5. The van der Waals surface area contributed by atoms with Crippen molar-refractivity contribution in [2.45, 2.75) is 77.4 Å². The van der Waals surface area contributed by atoms with E-state index >= 15 is 0 Å². The number of hydrogen-bond donors (Lipinski definition) is 1. The molecule has 4 nitrogen and oxygen atoms in total. The van der Waals surface area contributed by atoms with E-state index in [0.29, 0.717) is 25.2 Å². The molecular formula is C15H26N2O2. The second-order valence-electron chi connectivity index (χ2n) is 5.99. The predicted octanol–water partition coefficient (Wildman–Crippen LogP) is 2.08. The monoisotopic (exact) mass is 266 g/mol. The Hall–Kier alpha value is -1.06. The summed E-state index contributed by atoms with van der Waals surface area (Å²) in [5.41, 5.74) is -0.675. The van der Waals surface area contributed by atoms with E-state index in [2.05, 4.69) is 12.2 Å². The lowest BCUT2D eigenvalue weighted by Crippen LogP contribution is -2.71. The molecule has 0 aromatic rings. The summed E-state index contributed by atoms with van der Waals surface area (Å²) in [4.78, 5) is 27.2. The Bertz CT molecular complexity index is 372. The number of rotatable bonds is 5. The fourth-order valence-electron chi connectivity index (χ4n) is 3.27. The standard InChI is InChI=1S/C15H26N2O2/c1-5-12-13(18)16-15(6-2,7-3)14(19)17(12)10(4)11-8-9-11/h10-12H,5-9H2,1-4H3,(H,16,18). The van der Waals surface area contributed by atoms with Gasteiger partial charge in [-0.05, 0) is 44.9 Å². The molecule has 1 saturated carbocycles. The summed E-state index contributed by atoms with van der Waals surface area (Å²) in [7, 11) is 0. The van der Waals surface area contributed by atoms with Gasteiger partial charge >= 0.3 is 0 Å². The highest BCUT2D eigenvalue weighted by Gasteiger charge is 2.51. The average Bonchev–Trinajstić information content (AvgIpc) is 3.24. The molecule has 0 aromatic carbocycles. The van der Waals surface area contributed by atoms with Crippen LogP contribution in [0.2, 0.25) is 0 Å². The minimum absolute atomic E-state index is 0.0262. The van der Waals surface area contributed by atoms with Gasteiger partial charge in [-0.25, -0.2) is 0 Å². The molecule has 1 aliphatic carbocycles. The molecule has 0 aromatic heterocycles. The first-order valence-electron chi connectivity index (χ1n) is 7.65. The first-order valence-corrected chi connectivity index (χ1v) is 7.65. The van der Waals surface area contributed by atoms with Crippen molar-refractivity contribution in [2.75, 3.05) is 0 Å². The molecular weight excluding hydrogens is 240 g/mol. The maximum atomic E-state index is 12.9. The van der Waals surface area contributed by atoms with Gasteiger partial charge in [0, 0.05) is 6.04 Å². The van der Waals surface area contributed by atoms with E-state index in [4.69, 9.17) is 0 Å². The molecule has 0 radical (unpaired) electrons. The van der Waals surface area contributed by atoms with Crippen LogP contribution >= 0.6 is 0 Å². The van der Waals surface area contributed by atoms with Crippen LogP contribution in [0.1, 0.15) is 59.8 Å². The van der Waals surface area contributed by atoms with Crippen molar-refractivity contribution in [1.82, 2.24) is 10.2 Å². The molecule has 2 amide bonds. The zero-order chi connectivity index (χ0) is 14.2. The van der Waals surface area contributed by atoms with Gasteiger partial charge in [-0.2, -0.15) is 0 Å². The summed E-state index contributed by atoms with van der Waals surface area (Å²) >= 11 is 0. The second-order valence-corrected chi connectivity index (χ2v) is 5.99. The van der Waals surface area contributed by atoms with Crippen molar-refractivity contribution in [3.8, 4) is 0 Å². The van der Waals surface area contributed by atoms with Gasteiger partial charge in [-0.3, -0.25) is 9.59 Å². The molecule has 2 atom stereocenters. The summed E-state index contributed by atoms with van der Waals surface area (Å²) in [5, 5.41) is 2.99. The third-order valence-corrected chi connectivity index (χ3v) is 4.98. The normalized spacial score (nSPS) is 28.2. The van der Waals surface area contributed by atoms with Crippen molar-refractivity contribution in [1.29, 1.82) is 0 Å². The number of nitrogens with zero attached hydrogens (tertiary/aromatic N) is 1. The van der Waals surface area contributed by atoms with E-state index in [0.717, 1.165) is 0 Å². The van der Waals surface area contributed by atoms with Crippen LogP contribution < -0.4 is 5.32 Å². The molecule has 1 saturated heterocycles. The van der Waals surface area contributed by atoms with E-state index in [1.54, 1.807) is 0 Å². The summed E-state index contributed by atoms with van der Waals surface area (Å²) in [6, 6.07) is -0.0877. The van der Waals surface area contributed by atoms with E-state index in [1.807, 2.05) is 25.7 Å². The van der Waals surface area contributed by atoms with Crippen LogP contribution in [0.25, 0.3) is 0 Å². The summed E-state index contributed by atoms with van der Waals surface area (Å²) in [6.45, 7) is 8.05. The Morgan fingerprint density at radius 2 is 1.84 bits per heavy atom. The lowest BCUT2D eigenvalue weighted by atomic mass is 9.85. The van der Waals surface area contributed by atoms with Crippen LogP contribution in [-0.4, -0.2) is 34.3 Å². The van der Waals surface area contributed by atoms with Gasteiger partial charge < -0.3 is 10.2 Å². The largest absolute Gasteiger partial charge is 0.340 e. The number of hydrogen-bond acceptors (Lipinski definition) is 2. The van der Waals surface area contributed by atoms with E-state index < -0.39 is 5.54 Å². The Balaban J connectivity index is 2.33. The van der Waals surface area contributed by atoms with Crippen molar-refractivity contribution < 1.29 is 9.59 Å². The number of carbonyl (C=O) groups is 2. The maximum Gasteiger partial charge on any atom is 0.249 e. The van der Waals surface area contributed by atoms with Crippen LogP contribution in [0.4, 0.5) is 0 Å². The second kappa shape index (κ2) is 5.14. The third kappa shape index (κ3) is 2.26. The molecule has 2 unspecified atom stereocenters. The van der Waals surface area contributed by atoms with Gasteiger partial charge in [0.2, 0.25) is 11.8 Å². The minimum atomic E-state index is -0.675. The maximum absolute atomic E-state index is 12.9. The Morgan fingerprint density at radius 1 is 1.26 bits per heavy atom. The highest BCUT2D eigenvalue weighted by molar-refractivity contribution is 6.00. The number of nitrogens with one attached hydrogen (secondary N) is 1. The summed E-state index contributed by atoms with van der Waals surface area (Å²) < 4.78 is 0. The van der Waals surface area contributed by atoms with Crippen molar-refractivity contribution >= 4 is 11.8 Å². The smallest absolute Gasteiger partial charge is 0.249 e. The van der Waals surface area contributed by atoms with Crippen molar-refractivity contribution in [2.24, 2.45) is 5.92 Å². The van der Waals surface area contributed by atoms with E-state index in [9.17, 15) is 9.59 Å². The van der Waals surface area contributed by atoms with Gasteiger partial charge in [-0.15, -0.1) is 0 Å². The molecule has 1 N–H and O–H groups in total. The number of piperazine rings is 1. The Labute approximate surface area is 115 Å². The van der Waals surface area contributed by atoms with Gasteiger partial charge in [0.15, 0.2) is 0 Å². The molecule has 0 spiro atoms. The quantitative estimate of drug-likeness (QED) is 0.828. The number of carbonyl (C=O) groups excluding carboxylic acids is 2. The van der Waals surface area contributed by atoms with Crippen LogP contribution in [-0.2, 0) is 9.59 Å². The van der Waals surface area contributed by atoms with E-state index in [-0.39, 0.29) is 23.9 Å². The lowest BCUT2D eigenvalue weighted by molar-refractivity contribution is -0.158. The Kier molecular flexibility index (Phi) is 3.88. The number of amides is 2. The predicted molar refractivity (Wildman–Crippen MR) is 74.6 cm³/mol. The highest BCUT2D eigenvalue weighted by atomic mass is 16.2. The fourth-order valence-corrected chi connectivity index (χ4v) is 3.27. The molecule has 2 rings (SSSR count). The van der Waals surface area contributed by atoms with Crippen LogP contribution in [0.5, 0.6) is 0 Å². The van der Waals surface area contributed by atoms with Gasteiger partial charge in [0.1, 0.15) is 11.6 Å². The SMILES string of the molecule is CCC1C(=O)NC(CC)(CC)C(=O)N1C(C)C1CC1. The zero-order valence-electron chi connectivity index (χ0n) is 12.5. The topological polar surface area (TPSA) is 49.4 Å². The third-order valence-electron chi connectivity index (χ3n) is 4.98. The fraction of sp³-hybridized carbons (Fsp3) is 0.867. The molecule has 1 aliphatic heterocycles. The summed E-state index contributed by atoms with van der Waals surface area (Å²) in [5.74, 6) is 0.747. The molecule has 19 heavy (non-hydrogen) atoms. The van der Waals surface area contributed by atoms with Gasteiger partial charge in [-0.1, -0.05) is 20.8 Å². The van der Waals surface area contributed by atoms with Gasteiger partial charge in [0.25, 0.3) is 0 Å². The van der Waals surface area contributed by atoms with Crippen LogP contribution in [0.3, 0.4) is 0 Å². The Morgan fingerprint density at radius 3 is 2.26 bits per heavy atom. The van der Waals surface area contributed by atoms with Gasteiger partial charge in [0.05, 0.1) is 0 Å². The van der Waals surface area contributed by atoms with Crippen LogP contribution in [0, 0.1) is 5.92 Å². The first-order chi connectivity index (χ1) is 9.00.